The summed E-state index contributed by atoms with van der Waals surface area (Å²) in [5.74, 6) is 1.03. The van der Waals surface area contributed by atoms with E-state index in [2.05, 4.69) is 45.7 Å². The molecule has 2 aliphatic rings. The Kier molecular flexibility index (Phi) is 2.20. The summed E-state index contributed by atoms with van der Waals surface area (Å²) in [7, 11) is 0. The number of alkyl halides is 2. The predicted octanol–water partition coefficient (Wildman–Crippen LogP) is 3.15. The highest BCUT2D eigenvalue weighted by Gasteiger charge is 2.67. The molecule has 4 atom stereocenters. The SMILES string of the molecule is C[C@]1(CBr)[C@@H]2CC(=O)[C@]1(C)[C@@H](Br)C2. The van der Waals surface area contributed by atoms with Crippen molar-refractivity contribution in [3.8, 4) is 0 Å². The highest BCUT2D eigenvalue weighted by molar-refractivity contribution is 9.09. The van der Waals surface area contributed by atoms with Gasteiger partial charge in [0.15, 0.2) is 0 Å². The van der Waals surface area contributed by atoms with Crippen LogP contribution in [0.4, 0.5) is 0 Å². The predicted molar refractivity (Wildman–Crippen MR) is 60.5 cm³/mol. The second-order valence-electron chi connectivity index (χ2n) is 4.78. The molecule has 2 bridgehead atoms. The van der Waals surface area contributed by atoms with Crippen LogP contribution in [0.2, 0.25) is 0 Å². The normalized spacial score (nSPS) is 54.6. The van der Waals surface area contributed by atoms with Crippen molar-refractivity contribution >= 4 is 37.6 Å². The maximum absolute atomic E-state index is 11.9. The molecule has 3 heteroatoms. The molecule has 74 valence electrons. The second-order valence-corrected chi connectivity index (χ2v) is 6.45. The maximum atomic E-state index is 11.9. The lowest BCUT2D eigenvalue weighted by Crippen LogP contribution is -2.41. The zero-order valence-corrected chi connectivity index (χ0v) is 11.1. The van der Waals surface area contributed by atoms with Gasteiger partial charge in [0.05, 0.1) is 0 Å². The van der Waals surface area contributed by atoms with Crippen LogP contribution in [0.25, 0.3) is 0 Å². The van der Waals surface area contributed by atoms with Gasteiger partial charge in [0.1, 0.15) is 5.78 Å². The fourth-order valence-corrected chi connectivity index (χ4v) is 5.28. The van der Waals surface area contributed by atoms with Crippen LogP contribution in [0.15, 0.2) is 0 Å². The minimum Gasteiger partial charge on any atom is -0.299 e. The summed E-state index contributed by atoms with van der Waals surface area (Å²) in [6, 6.07) is 0. The van der Waals surface area contributed by atoms with Crippen molar-refractivity contribution in [3.63, 3.8) is 0 Å². The lowest BCUT2D eigenvalue weighted by Gasteiger charge is -2.36. The lowest BCUT2D eigenvalue weighted by atomic mass is 9.70. The number of Topliss-reactive ketones (excluding diaryl/α,β-unsaturated/α-hetero) is 1. The van der Waals surface area contributed by atoms with E-state index in [0.29, 0.717) is 16.5 Å². The van der Waals surface area contributed by atoms with Crippen LogP contribution in [-0.4, -0.2) is 15.9 Å². The molecule has 0 amide bonds. The molecule has 0 N–H and O–H groups in total. The molecule has 1 nitrogen and oxygen atoms in total. The molecule has 0 radical (unpaired) electrons. The van der Waals surface area contributed by atoms with Crippen molar-refractivity contribution < 1.29 is 4.79 Å². The molecule has 2 rings (SSSR count). The summed E-state index contributed by atoms with van der Waals surface area (Å²) in [5, 5.41) is 0.939. The van der Waals surface area contributed by atoms with Crippen molar-refractivity contribution in [3.05, 3.63) is 0 Å². The molecule has 0 aromatic carbocycles. The summed E-state index contributed by atoms with van der Waals surface area (Å²) >= 11 is 7.24. The van der Waals surface area contributed by atoms with Crippen LogP contribution in [0.3, 0.4) is 0 Å². The van der Waals surface area contributed by atoms with Crippen LogP contribution in [0, 0.1) is 16.7 Å². The Bertz CT molecular complexity index is 266. The van der Waals surface area contributed by atoms with Gasteiger partial charge in [-0.1, -0.05) is 45.7 Å². The minimum absolute atomic E-state index is 0.138. The quantitative estimate of drug-likeness (QED) is 0.680. The maximum Gasteiger partial charge on any atom is 0.140 e. The average Bonchev–Trinajstić information content (AvgIpc) is 2.38. The van der Waals surface area contributed by atoms with Gasteiger partial charge in [0.2, 0.25) is 0 Å². The number of rotatable bonds is 1. The van der Waals surface area contributed by atoms with Crippen molar-refractivity contribution in [2.75, 3.05) is 5.33 Å². The number of carbonyl (C=O) groups excluding carboxylic acids is 1. The smallest absolute Gasteiger partial charge is 0.140 e. The van der Waals surface area contributed by atoms with E-state index in [9.17, 15) is 4.79 Å². The third kappa shape index (κ3) is 0.956. The molecule has 2 aliphatic carbocycles. The molecule has 2 fully saturated rings. The fourth-order valence-electron chi connectivity index (χ4n) is 3.01. The topological polar surface area (TPSA) is 17.1 Å². The highest BCUT2D eigenvalue weighted by atomic mass is 79.9. The van der Waals surface area contributed by atoms with Gasteiger partial charge in [-0.05, 0) is 17.8 Å². The largest absolute Gasteiger partial charge is 0.299 e. The van der Waals surface area contributed by atoms with E-state index in [1.807, 2.05) is 0 Å². The summed E-state index contributed by atoms with van der Waals surface area (Å²) in [6.07, 6.45) is 1.95. The second kappa shape index (κ2) is 2.82. The van der Waals surface area contributed by atoms with Gasteiger partial charge in [0, 0.05) is 22.0 Å². The van der Waals surface area contributed by atoms with E-state index in [4.69, 9.17) is 0 Å². The molecular formula is C10H14Br2O. The summed E-state index contributed by atoms with van der Waals surface area (Å²) in [6.45, 7) is 4.38. The number of fused-ring (bicyclic) bond motifs is 2. The Morgan fingerprint density at radius 1 is 1.54 bits per heavy atom. The Balaban J connectivity index is 2.49. The lowest BCUT2D eigenvalue weighted by molar-refractivity contribution is -0.127. The zero-order chi connectivity index (χ0) is 9.85. The van der Waals surface area contributed by atoms with Crippen LogP contribution < -0.4 is 0 Å². The number of carbonyl (C=O) groups is 1. The standard InChI is InChI=1S/C10H14Br2O/c1-9(5-11)6-3-7(12)10(9,2)8(13)4-6/h6-7H,3-5H2,1-2H3/t6-,7-,9-,10-/m0/s1. The van der Waals surface area contributed by atoms with Crippen LogP contribution in [0.5, 0.6) is 0 Å². The number of hydrogen-bond acceptors (Lipinski definition) is 1. The van der Waals surface area contributed by atoms with E-state index in [-0.39, 0.29) is 10.8 Å². The summed E-state index contributed by atoms with van der Waals surface area (Å²) < 4.78 is 0. The van der Waals surface area contributed by atoms with Gasteiger partial charge in [0.25, 0.3) is 0 Å². The molecule has 0 heterocycles. The van der Waals surface area contributed by atoms with E-state index in [1.165, 1.54) is 0 Å². The molecular weight excluding hydrogens is 296 g/mol. The summed E-state index contributed by atoms with van der Waals surface area (Å²) in [4.78, 5) is 12.3. The fraction of sp³-hybridized carbons (Fsp3) is 0.900. The van der Waals surface area contributed by atoms with Crippen LogP contribution in [-0.2, 0) is 4.79 Å². The zero-order valence-electron chi connectivity index (χ0n) is 7.94. The first-order valence-electron chi connectivity index (χ1n) is 4.70. The van der Waals surface area contributed by atoms with E-state index >= 15 is 0 Å². The van der Waals surface area contributed by atoms with Crippen molar-refractivity contribution in [1.29, 1.82) is 0 Å². The molecule has 0 aliphatic heterocycles. The summed E-state index contributed by atoms with van der Waals surface area (Å²) in [5.41, 5.74) is 0.0272. The average molecular weight is 310 g/mol. The number of halogens is 2. The molecule has 0 unspecified atom stereocenters. The minimum atomic E-state index is -0.138. The molecule has 0 saturated heterocycles. The Hall–Kier alpha value is 0.630. The Morgan fingerprint density at radius 3 is 2.46 bits per heavy atom. The number of ketones is 1. The number of hydrogen-bond donors (Lipinski definition) is 0. The highest BCUT2D eigenvalue weighted by Crippen LogP contribution is 2.66. The van der Waals surface area contributed by atoms with Gasteiger partial charge in [-0.2, -0.15) is 0 Å². The van der Waals surface area contributed by atoms with E-state index in [1.54, 1.807) is 0 Å². The van der Waals surface area contributed by atoms with Crippen LogP contribution in [0.1, 0.15) is 26.7 Å². The molecule has 0 spiro atoms. The molecule has 2 saturated carbocycles. The first kappa shape index (κ1) is 10.2. The van der Waals surface area contributed by atoms with Crippen LogP contribution >= 0.6 is 31.9 Å². The van der Waals surface area contributed by atoms with Crippen molar-refractivity contribution in [1.82, 2.24) is 0 Å². The van der Waals surface area contributed by atoms with Gasteiger partial charge in [-0.15, -0.1) is 0 Å². The monoisotopic (exact) mass is 308 g/mol. The van der Waals surface area contributed by atoms with E-state index < -0.39 is 0 Å². The van der Waals surface area contributed by atoms with Gasteiger partial charge in [-0.3, -0.25) is 4.79 Å². The van der Waals surface area contributed by atoms with E-state index in [0.717, 1.165) is 18.2 Å². The Morgan fingerprint density at radius 2 is 2.15 bits per heavy atom. The Labute approximate surface area is 95.9 Å². The third-order valence-corrected chi connectivity index (χ3v) is 6.95. The van der Waals surface area contributed by atoms with Gasteiger partial charge in [-0.25, -0.2) is 0 Å². The first-order valence-corrected chi connectivity index (χ1v) is 6.74. The first-order chi connectivity index (χ1) is 5.96. The van der Waals surface area contributed by atoms with Crippen molar-refractivity contribution in [2.24, 2.45) is 16.7 Å². The van der Waals surface area contributed by atoms with Gasteiger partial charge >= 0.3 is 0 Å². The molecule has 13 heavy (non-hydrogen) atoms. The molecule has 0 aromatic heterocycles. The van der Waals surface area contributed by atoms with Gasteiger partial charge < -0.3 is 0 Å². The molecule has 0 aromatic rings. The third-order valence-electron chi connectivity index (χ3n) is 4.49. The van der Waals surface area contributed by atoms with Crippen molar-refractivity contribution in [2.45, 2.75) is 31.5 Å².